The molecule has 7 nitrogen and oxygen atoms in total. The summed E-state index contributed by atoms with van der Waals surface area (Å²) < 4.78 is 43.7. The van der Waals surface area contributed by atoms with Crippen LogP contribution in [0.3, 0.4) is 0 Å². The average molecular weight is 306 g/mol. The van der Waals surface area contributed by atoms with Gasteiger partial charge in [-0.1, -0.05) is 0 Å². The number of nitro benzene ring substituents is 1. The molecular weight excluding hydrogens is 291 g/mol. The molecule has 0 bridgehead atoms. The Balaban J connectivity index is 3.29. The van der Waals surface area contributed by atoms with Crippen molar-refractivity contribution in [1.29, 1.82) is 0 Å². The van der Waals surface area contributed by atoms with Crippen molar-refractivity contribution >= 4 is 15.7 Å². The van der Waals surface area contributed by atoms with Gasteiger partial charge < -0.3 is 4.74 Å². The molecule has 1 aromatic rings. The van der Waals surface area contributed by atoms with Gasteiger partial charge in [-0.3, -0.25) is 10.1 Å². The fraction of sp³-hybridized carbons (Fsp3) is 0.455. The Hall–Kier alpha value is -1.58. The molecule has 0 aliphatic heterocycles. The zero-order valence-corrected chi connectivity index (χ0v) is 12.1. The summed E-state index contributed by atoms with van der Waals surface area (Å²) in [5, 5.41) is 10.7. The summed E-state index contributed by atoms with van der Waals surface area (Å²) in [5.74, 6) is -1.03. The largest absolute Gasteiger partial charge is 0.383 e. The first-order valence-corrected chi connectivity index (χ1v) is 7.05. The van der Waals surface area contributed by atoms with Gasteiger partial charge in [-0.2, -0.15) is 8.70 Å². The molecule has 0 unspecified atom stereocenters. The third kappa shape index (κ3) is 3.30. The second-order valence-corrected chi connectivity index (χ2v) is 6.19. The lowest BCUT2D eigenvalue weighted by atomic mass is 10.2. The van der Waals surface area contributed by atoms with Gasteiger partial charge in [0.25, 0.3) is 0 Å². The summed E-state index contributed by atoms with van der Waals surface area (Å²) in [6, 6.07) is 1.79. The molecule has 9 heteroatoms. The van der Waals surface area contributed by atoms with Gasteiger partial charge in [-0.15, -0.1) is 0 Å². The van der Waals surface area contributed by atoms with Crippen LogP contribution in [0.1, 0.15) is 5.56 Å². The molecular formula is C11H15FN2O5S. The maximum Gasteiger partial charge on any atom is 0.306 e. The molecule has 112 valence electrons. The van der Waals surface area contributed by atoms with Gasteiger partial charge in [-0.25, -0.2) is 8.42 Å². The van der Waals surface area contributed by atoms with E-state index in [9.17, 15) is 22.9 Å². The van der Waals surface area contributed by atoms with Gasteiger partial charge in [0.2, 0.25) is 15.8 Å². The maximum atomic E-state index is 13.6. The SMILES string of the molecule is COCCN(C)S(=O)(=O)c1cc(C)c(F)c([N+](=O)[O-])c1. The van der Waals surface area contributed by atoms with Gasteiger partial charge in [0.05, 0.1) is 16.4 Å². The van der Waals surface area contributed by atoms with Crippen LogP contribution in [0.2, 0.25) is 0 Å². The highest BCUT2D eigenvalue weighted by molar-refractivity contribution is 7.89. The number of nitrogens with zero attached hydrogens (tertiary/aromatic N) is 2. The Morgan fingerprint density at radius 1 is 1.45 bits per heavy atom. The Bertz CT molecular complexity index is 617. The molecule has 1 rings (SSSR count). The van der Waals surface area contributed by atoms with Crippen LogP contribution in [0.5, 0.6) is 0 Å². The molecule has 0 fully saturated rings. The van der Waals surface area contributed by atoms with E-state index in [-0.39, 0.29) is 23.6 Å². The summed E-state index contributed by atoms with van der Waals surface area (Å²) in [4.78, 5) is 9.47. The molecule has 20 heavy (non-hydrogen) atoms. The number of aryl methyl sites for hydroxylation is 1. The molecule has 0 spiro atoms. The summed E-state index contributed by atoms with van der Waals surface area (Å²) >= 11 is 0. The minimum atomic E-state index is -3.92. The topological polar surface area (TPSA) is 89.8 Å². The van der Waals surface area contributed by atoms with Crippen LogP contribution in [-0.2, 0) is 14.8 Å². The van der Waals surface area contributed by atoms with Crippen LogP contribution in [0, 0.1) is 22.9 Å². The zero-order valence-electron chi connectivity index (χ0n) is 11.3. The molecule has 0 radical (unpaired) electrons. The number of nitro groups is 1. The molecule has 0 amide bonds. The second-order valence-electron chi connectivity index (χ2n) is 4.15. The normalized spacial score (nSPS) is 11.8. The third-order valence-electron chi connectivity index (χ3n) is 2.72. The van der Waals surface area contributed by atoms with Crippen molar-refractivity contribution in [2.24, 2.45) is 0 Å². The van der Waals surface area contributed by atoms with Crippen LogP contribution < -0.4 is 0 Å². The van der Waals surface area contributed by atoms with E-state index in [1.165, 1.54) is 21.1 Å². The molecule has 0 aliphatic carbocycles. The van der Waals surface area contributed by atoms with E-state index in [1.54, 1.807) is 0 Å². The van der Waals surface area contributed by atoms with Crippen molar-refractivity contribution in [3.63, 3.8) is 0 Å². The number of hydrogen-bond donors (Lipinski definition) is 0. The Kier molecular flexibility index (Phi) is 5.15. The van der Waals surface area contributed by atoms with Gasteiger partial charge in [-0.05, 0) is 18.6 Å². The standard InChI is InChI=1S/C11H15FN2O5S/c1-8-6-9(7-10(11(8)12)14(15)16)20(17,18)13(2)4-5-19-3/h6-7H,4-5H2,1-3H3. The molecule has 0 heterocycles. The van der Waals surface area contributed by atoms with Crippen LogP contribution in [0.25, 0.3) is 0 Å². The van der Waals surface area contributed by atoms with E-state index in [2.05, 4.69) is 0 Å². The monoisotopic (exact) mass is 306 g/mol. The summed E-state index contributed by atoms with van der Waals surface area (Å²) in [5.41, 5.74) is -0.957. The van der Waals surface area contributed by atoms with Crippen molar-refractivity contribution in [1.82, 2.24) is 4.31 Å². The smallest absolute Gasteiger partial charge is 0.306 e. The average Bonchev–Trinajstić information content (AvgIpc) is 2.38. The number of sulfonamides is 1. The van der Waals surface area contributed by atoms with Crippen molar-refractivity contribution in [3.05, 3.63) is 33.6 Å². The van der Waals surface area contributed by atoms with Crippen molar-refractivity contribution in [3.8, 4) is 0 Å². The molecule has 0 atom stereocenters. The van der Waals surface area contributed by atoms with Crippen LogP contribution in [0.4, 0.5) is 10.1 Å². The van der Waals surface area contributed by atoms with Crippen LogP contribution in [-0.4, -0.2) is 45.0 Å². The highest BCUT2D eigenvalue weighted by Gasteiger charge is 2.26. The quantitative estimate of drug-likeness (QED) is 0.584. The number of halogens is 1. The molecule has 0 N–H and O–H groups in total. The number of hydrogen-bond acceptors (Lipinski definition) is 5. The maximum absolute atomic E-state index is 13.6. The third-order valence-corrected chi connectivity index (χ3v) is 4.56. The Labute approximate surface area is 116 Å². The van der Waals surface area contributed by atoms with Crippen molar-refractivity contribution < 1.29 is 22.5 Å². The minimum Gasteiger partial charge on any atom is -0.383 e. The number of benzene rings is 1. The fourth-order valence-electron chi connectivity index (χ4n) is 1.52. The summed E-state index contributed by atoms with van der Waals surface area (Å²) in [6.07, 6.45) is 0. The first kappa shape index (κ1) is 16.5. The molecule has 0 saturated carbocycles. The molecule has 0 saturated heterocycles. The predicted molar refractivity (Wildman–Crippen MR) is 69.5 cm³/mol. The van der Waals surface area contributed by atoms with E-state index in [0.717, 1.165) is 16.4 Å². The number of ether oxygens (including phenoxy) is 1. The van der Waals surface area contributed by atoms with E-state index in [0.29, 0.717) is 0 Å². The lowest BCUT2D eigenvalue weighted by Crippen LogP contribution is -2.30. The van der Waals surface area contributed by atoms with E-state index >= 15 is 0 Å². The summed E-state index contributed by atoms with van der Waals surface area (Å²) in [6.45, 7) is 1.54. The highest BCUT2D eigenvalue weighted by atomic mass is 32.2. The van der Waals surface area contributed by atoms with Crippen molar-refractivity contribution in [2.45, 2.75) is 11.8 Å². The first-order chi connectivity index (χ1) is 9.21. The number of rotatable bonds is 6. The summed E-state index contributed by atoms with van der Waals surface area (Å²) in [7, 11) is -1.18. The number of likely N-dealkylation sites (N-methyl/N-ethyl adjacent to an activating group) is 1. The van der Waals surface area contributed by atoms with Crippen LogP contribution in [0.15, 0.2) is 17.0 Å². The molecule has 0 aliphatic rings. The Morgan fingerprint density at radius 3 is 2.55 bits per heavy atom. The molecule has 0 aromatic heterocycles. The van der Waals surface area contributed by atoms with Gasteiger partial charge >= 0.3 is 5.69 Å². The van der Waals surface area contributed by atoms with Gasteiger partial charge in [0, 0.05) is 26.8 Å². The van der Waals surface area contributed by atoms with E-state index in [4.69, 9.17) is 4.74 Å². The first-order valence-electron chi connectivity index (χ1n) is 5.61. The van der Waals surface area contributed by atoms with Gasteiger partial charge in [0.15, 0.2) is 0 Å². The highest BCUT2D eigenvalue weighted by Crippen LogP contribution is 2.26. The van der Waals surface area contributed by atoms with E-state index in [1.807, 2.05) is 0 Å². The predicted octanol–water partition coefficient (Wildman–Crippen LogP) is 1.31. The van der Waals surface area contributed by atoms with Crippen LogP contribution >= 0.6 is 0 Å². The minimum absolute atomic E-state index is 0.0864. The zero-order chi connectivity index (χ0) is 15.5. The molecule has 1 aromatic carbocycles. The van der Waals surface area contributed by atoms with Crippen molar-refractivity contribution in [2.75, 3.05) is 27.3 Å². The van der Waals surface area contributed by atoms with Gasteiger partial charge in [0.1, 0.15) is 0 Å². The lowest BCUT2D eigenvalue weighted by Gasteiger charge is -2.17. The number of methoxy groups -OCH3 is 1. The Morgan fingerprint density at radius 2 is 2.05 bits per heavy atom. The van der Waals surface area contributed by atoms with E-state index < -0.39 is 26.5 Å². The fourth-order valence-corrected chi connectivity index (χ4v) is 2.78. The lowest BCUT2D eigenvalue weighted by molar-refractivity contribution is -0.387. The second kappa shape index (κ2) is 6.25.